The predicted molar refractivity (Wildman–Crippen MR) is 109 cm³/mol. The maximum Gasteiger partial charge on any atom is 0.340 e. The number of esters is 1. The van der Waals surface area contributed by atoms with E-state index < -0.39 is 12.6 Å². The van der Waals surface area contributed by atoms with Gasteiger partial charge in [0, 0.05) is 16.6 Å². The molecule has 0 bridgehead atoms. The van der Waals surface area contributed by atoms with Crippen molar-refractivity contribution in [3.05, 3.63) is 64.7 Å². The number of nitrogens with one attached hydrogen (secondary N) is 2. The van der Waals surface area contributed by atoms with Crippen LogP contribution in [0.3, 0.4) is 0 Å². The van der Waals surface area contributed by atoms with Crippen LogP contribution in [0.25, 0.3) is 0 Å². The number of carbonyl (C=O) groups is 3. The first-order valence-corrected chi connectivity index (χ1v) is 9.28. The van der Waals surface area contributed by atoms with Crippen molar-refractivity contribution < 1.29 is 19.1 Å². The first-order valence-electron chi connectivity index (χ1n) is 8.90. The van der Waals surface area contributed by atoms with Gasteiger partial charge in [0.2, 0.25) is 0 Å². The summed E-state index contributed by atoms with van der Waals surface area (Å²) >= 11 is 5.83. The van der Waals surface area contributed by atoms with Crippen LogP contribution >= 0.6 is 11.6 Å². The van der Waals surface area contributed by atoms with Gasteiger partial charge in [-0.05, 0) is 49.2 Å². The summed E-state index contributed by atoms with van der Waals surface area (Å²) in [6, 6.07) is 12.8. The van der Waals surface area contributed by atoms with Gasteiger partial charge in [-0.3, -0.25) is 9.59 Å². The number of amides is 2. The van der Waals surface area contributed by atoms with E-state index in [1.54, 1.807) is 42.5 Å². The molecule has 0 heterocycles. The van der Waals surface area contributed by atoms with Crippen molar-refractivity contribution in [3.63, 3.8) is 0 Å². The van der Waals surface area contributed by atoms with E-state index in [4.69, 9.17) is 16.3 Å². The van der Waals surface area contributed by atoms with E-state index in [2.05, 4.69) is 10.6 Å². The van der Waals surface area contributed by atoms with Crippen molar-refractivity contribution in [3.8, 4) is 0 Å². The molecule has 0 saturated carbocycles. The minimum Gasteiger partial charge on any atom is -0.452 e. The van der Waals surface area contributed by atoms with Crippen LogP contribution in [0, 0.1) is 5.92 Å². The molecule has 6 nitrogen and oxygen atoms in total. The molecule has 0 spiro atoms. The molecule has 2 aromatic rings. The summed E-state index contributed by atoms with van der Waals surface area (Å²) in [6.07, 6.45) is 0. The van der Waals surface area contributed by atoms with Crippen LogP contribution in [-0.4, -0.2) is 30.4 Å². The molecule has 0 aliphatic carbocycles. The molecule has 28 heavy (non-hydrogen) atoms. The molecule has 0 saturated heterocycles. The first-order chi connectivity index (χ1) is 13.3. The largest absolute Gasteiger partial charge is 0.452 e. The van der Waals surface area contributed by atoms with E-state index in [-0.39, 0.29) is 29.3 Å². The van der Waals surface area contributed by atoms with E-state index in [9.17, 15) is 14.4 Å². The van der Waals surface area contributed by atoms with E-state index in [0.29, 0.717) is 16.3 Å². The lowest BCUT2D eigenvalue weighted by molar-refractivity contribution is -0.125. The molecule has 0 aliphatic heterocycles. The fourth-order valence-electron chi connectivity index (χ4n) is 2.24. The van der Waals surface area contributed by atoms with Crippen LogP contribution in [0.15, 0.2) is 48.5 Å². The van der Waals surface area contributed by atoms with Gasteiger partial charge in [0.15, 0.2) is 6.61 Å². The van der Waals surface area contributed by atoms with Crippen molar-refractivity contribution in [1.29, 1.82) is 0 Å². The highest BCUT2D eigenvalue weighted by atomic mass is 35.5. The number of hydrogen-bond donors (Lipinski definition) is 2. The Balaban J connectivity index is 2.02. The number of hydrogen-bond acceptors (Lipinski definition) is 4. The Morgan fingerprint density at radius 2 is 1.64 bits per heavy atom. The highest BCUT2D eigenvalue weighted by Gasteiger charge is 2.17. The SMILES string of the molecule is CC(C)[C@H](C)NC(=O)COC(=O)c1ccccc1NC(=O)c1ccc(Cl)cc1. The first kappa shape index (κ1) is 21.4. The summed E-state index contributed by atoms with van der Waals surface area (Å²) in [5.41, 5.74) is 0.854. The summed E-state index contributed by atoms with van der Waals surface area (Å²) in [5.74, 6) is -1.19. The monoisotopic (exact) mass is 402 g/mol. The van der Waals surface area contributed by atoms with Crippen LogP contribution in [0.5, 0.6) is 0 Å². The zero-order chi connectivity index (χ0) is 20.7. The Hall–Kier alpha value is -2.86. The van der Waals surface area contributed by atoms with Crippen LogP contribution in [0.2, 0.25) is 5.02 Å². The zero-order valence-electron chi connectivity index (χ0n) is 16.0. The molecule has 2 rings (SSSR count). The molecule has 0 fully saturated rings. The number of ether oxygens (including phenoxy) is 1. The quantitative estimate of drug-likeness (QED) is 0.687. The Kier molecular flexibility index (Phi) is 7.58. The summed E-state index contributed by atoms with van der Waals surface area (Å²) in [6.45, 7) is 5.45. The third-order valence-corrected chi connectivity index (χ3v) is 4.48. The molecule has 7 heteroatoms. The van der Waals surface area contributed by atoms with E-state index >= 15 is 0 Å². The lowest BCUT2D eigenvalue weighted by Crippen LogP contribution is -2.38. The van der Waals surface area contributed by atoms with Gasteiger partial charge in [0.1, 0.15) is 0 Å². The fraction of sp³-hybridized carbons (Fsp3) is 0.286. The van der Waals surface area contributed by atoms with Crippen molar-refractivity contribution in [2.24, 2.45) is 5.92 Å². The average molecular weight is 403 g/mol. The number of halogens is 1. The predicted octanol–water partition coefficient (Wildman–Crippen LogP) is 3.91. The van der Waals surface area contributed by atoms with Gasteiger partial charge in [-0.15, -0.1) is 0 Å². The second kappa shape index (κ2) is 9.90. The molecule has 148 valence electrons. The maximum absolute atomic E-state index is 12.4. The number of para-hydroxylation sites is 1. The van der Waals surface area contributed by atoms with E-state index in [1.165, 1.54) is 6.07 Å². The lowest BCUT2D eigenvalue weighted by Gasteiger charge is -2.17. The second-order valence-electron chi connectivity index (χ2n) is 6.68. The molecule has 1 atom stereocenters. The van der Waals surface area contributed by atoms with Crippen LogP contribution in [0.1, 0.15) is 41.5 Å². The minimum atomic E-state index is -0.695. The molecule has 0 unspecified atom stereocenters. The van der Waals surface area contributed by atoms with Crippen LogP contribution in [0.4, 0.5) is 5.69 Å². The van der Waals surface area contributed by atoms with Gasteiger partial charge in [0.25, 0.3) is 11.8 Å². The molecule has 2 amide bonds. The number of carbonyl (C=O) groups excluding carboxylic acids is 3. The lowest BCUT2D eigenvalue weighted by atomic mass is 10.1. The van der Waals surface area contributed by atoms with Crippen molar-refractivity contribution in [2.75, 3.05) is 11.9 Å². The van der Waals surface area contributed by atoms with Gasteiger partial charge < -0.3 is 15.4 Å². The summed E-state index contributed by atoms with van der Waals surface area (Å²) < 4.78 is 5.09. The number of benzene rings is 2. The van der Waals surface area contributed by atoms with Crippen LogP contribution in [-0.2, 0) is 9.53 Å². The molecule has 0 aromatic heterocycles. The van der Waals surface area contributed by atoms with Crippen LogP contribution < -0.4 is 10.6 Å². The molecule has 0 aliphatic rings. The highest BCUT2D eigenvalue weighted by molar-refractivity contribution is 6.30. The van der Waals surface area contributed by atoms with Crippen molar-refractivity contribution in [2.45, 2.75) is 26.8 Å². The van der Waals surface area contributed by atoms with Gasteiger partial charge in [-0.2, -0.15) is 0 Å². The van der Waals surface area contributed by atoms with Gasteiger partial charge in [-0.25, -0.2) is 4.79 Å². The normalized spacial score (nSPS) is 11.6. The van der Waals surface area contributed by atoms with E-state index in [0.717, 1.165) is 0 Å². The third kappa shape index (κ3) is 6.09. The fourth-order valence-corrected chi connectivity index (χ4v) is 2.36. The molecule has 2 N–H and O–H groups in total. The Labute approximate surface area is 169 Å². The zero-order valence-corrected chi connectivity index (χ0v) is 16.7. The smallest absolute Gasteiger partial charge is 0.340 e. The van der Waals surface area contributed by atoms with Gasteiger partial charge in [0.05, 0.1) is 11.3 Å². The summed E-state index contributed by atoms with van der Waals surface area (Å²) in [7, 11) is 0. The average Bonchev–Trinajstić information content (AvgIpc) is 2.66. The van der Waals surface area contributed by atoms with Gasteiger partial charge in [-0.1, -0.05) is 37.6 Å². The van der Waals surface area contributed by atoms with Gasteiger partial charge >= 0.3 is 5.97 Å². The molecular formula is C21H23ClN2O4. The minimum absolute atomic E-state index is 0.0304. The highest BCUT2D eigenvalue weighted by Crippen LogP contribution is 2.18. The molecule has 0 radical (unpaired) electrons. The summed E-state index contributed by atoms with van der Waals surface area (Å²) in [5, 5.41) is 5.96. The molecule has 2 aromatic carbocycles. The van der Waals surface area contributed by atoms with Crippen molar-refractivity contribution in [1.82, 2.24) is 5.32 Å². The number of anilines is 1. The Morgan fingerprint density at radius 3 is 2.29 bits per heavy atom. The van der Waals surface area contributed by atoms with E-state index in [1.807, 2.05) is 20.8 Å². The number of rotatable bonds is 7. The van der Waals surface area contributed by atoms with Crippen molar-refractivity contribution >= 4 is 35.1 Å². The summed E-state index contributed by atoms with van der Waals surface area (Å²) in [4.78, 5) is 36.7. The second-order valence-corrected chi connectivity index (χ2v) is 7.12. The topological polar surface area (TPSA) is 84.5 Å². The standard InChI is InChI=1S/C21H23ClN2O4/c1-13(2)14(3)23-19(25)12-28-21(27)17-6-4-5-7-18(17)24-20(26)15-8-10-16(22)11-9-15/h4-11,13-14H,12H2,1-3H3,(H,23,25)(H,24,26)/t14-/m0/s1. The molecular weight excluding hydrogens is 380 g/mol. The maximum atomic E-state index is 12.4. The Morgan fingerprint density at radius 1 is 1.00 bits per heavy atom. The Bertz CT molecular complexity index is 850. The third-order valence-electron chi connectivity index (χ3n) is 4.22.